The number of likely N-dealkylation sites (tertiary alicyclic amines) is 3. The minimum atomic E-state index is 0.712. The zero-order chi connectivity index (χ0) is 15.5. The van der Waals surface area contributed by atoms with E-state index >= 15 is 0 Å². The van der Waals surface area contributed by atoms with Crippen molar-refractivity contribution >= 4 is 0 Å². The fourth-order valence-corrected chi connectivity index (χ4v) is 6.32. The van der Waals surface area contributed by atoms with Crippen molar-refractivity contribution < 1.29 is 0 Å². The highest BCUT2D eigenvalue weighted by molar-refractivity contribution is 5.11. The Balaban J connectivity index is 1.12. The molecule has 0 aromatic heterocycles. The van der Waals surface area contributed by atoms with Crippen LogP contribution in [-0.2, 0) is 0 Å². The average molecular weight is 318 g/mol. The Bertz CT molecular complexity index is 446. The minimum Gasteiger partial charge on any atom is -0.297 e. The van der Waals surface area contributed by atoms with Gasteiger partial charge in [0.25, 0.3) is 0 Å². The second-order valence-electron chi connectivity index (χ2n) is 9.66. The van der Waals surface area contributed by atoms with Gasteiger partial charge in [0.15, 0.2) is 0 Å². The minimum absolute atomic E-state index is 0.712. The molecular formula is C20H35N3. The highest BCUT2D eigenvalue weighted by Gasteiger charge is 2.57. The van der Waals surface area contributed by atoms with Crippen LogP contribution in [0.4, 0.5) is 0 Å². The summed E-state index contributed by atoms with van der Waals surface area (Å²) in [5.74, 6) is 1.02. The van der Waals surface area contributed by atoms with Crippen LogP contribution in [0.15, 0.2) is 0 Å². The summed E-state index contributed by atoms with van der Waals surface area (Å²) in [6.07, 6.45) is 13.3. The molecule has 2 atom stereocenters. The molecule has 0 bridgehead atoms. The molecule has 2 aliphatic carbocycles. The highest BCUT2D eigenvalue weighted by atomic mass is 15.4. The van der Waals surface area contributed by atoms with Gasteiger partial charge in [-0.2, -0.15) is 0 Å². The zero-order valence-electron chi connectivity index (χ0n) is 15.1. The molecule has 5 fully saturated rings. The molecular weight excluding hydrogens is 282 g/mol. The van der Waals surface area contributed by atoms with E-state index in [9.17, 15) is 0 Å². The van der Waals surface area contributed by atoms with Crippen LogP contribution in [-0.4, -0.2) is 65.7 Å². The van der Waals surface area contributed by atoms with E-state index in [1.807, 2.05) is 0 Å². The first-order valence-electron chi connectivity index (χ1n) is 10.4. The van der Waals surface area contributed by atoms with Crippen molar-refractivity contribution in [3.05, 3.63) is 0 Å². The Morgan fingerprint density at radius 2 is 1.78 bits per heavy atom. The summed E-state index contributed by atoms with van der Waals surface area (Å²) >= 11 is 0. The third kappa shape index (κ3) is 2.33. The lowest BCUT2D eigenvalue weighted by Crippen LogP contribution is -2.71. The van der Waals surface area contributed by atoms with Crippen LogP contribution < -0.4 is 0 Å². The third-order valence-corrected chi connectivity index (χ3v) is 8.50. The SMILES string of the molecule is CC1CCCCN1CN1CC2(CCC2CN2CCC23CCC3)C1. The molecule has 5 rings (SSSR count). The molecule has 2 unspecified atom stereocenters. The predicted octanol–water partition coefficient (Wildman–Crippen LogP) is 3.16. The number of rotatable bonds is 4. The van der Waals surface area contributed by atoms with Crippen LogP contribution in [0.3, 0.4) is 0 Å². The molecule has 3 heterocycles. The molecule has 3 aliphatic heterocycles. The van der Waals surface area contributed by atoms with Gasteiger partial charge >= 0.3 is 0 Å². The van der Waals surface area contributed by atoms with Crippen molar-refractivity contribution in [2.75, 3.05) is 39.4 Å². The maximum Gasteiger partial charge on any atom is 0.0509 e. The number of nitrogens with zero attached hydrogens (tertiary/aromatic N) is 3. The van der Waals surface area contributed by atoms with Crippen LogP contribution >= 0.6 is 0 Å². The quantitative estimate of drug-likeness (QED) is 0.788. The molecule has 2 saturated carbocycles. The van der Waals surface area contributed by atoms with Crippen molar-refractivity contribution in [1.29, 1.82) is 0 Å². The van der Waals surface area contributed by atoms with Gasteiger partial charge in [0, 0.05) is 37.8 Å². The lowest BCUT2D eigenvalue weighted by atomic mass is 9.55. The maximum atomic E-state index is 2.89. The van der Waals surface area contributed by atoms with Crippen LogP contribution in [0, 0.1) is 11.3 Å². The molecule has 0 amide bonds. The van der Waals surface area contributed by atoms with Crippen molar-refractivity contribution in [1.82, 2.24) is 14.7 Å². The van der Waals surface area contributed by atoms with Crippen molar-refractivity contribution in [2.45, 2.75) is 76.3 Å². The van der Waals surface area contributed by atoms with Gasteiger partial charge in [-0.25, -0.2) is 0 Å². The first-order valence-corrected chi connectivity index (χ1v) is 10.4. The number of hydrogen-bond acceptors (Lipinski definition) is 3. The van der Waals surface area contributed by atoms with Crippen molar-refractivity contribution in [3.8, 4) is 0 Å². The topological polar surface area (TPSA) is 9.72 Å². The van der Waals surface area contributed by atoms with Gasteiger partial charge in [-0.1, -0.05) is 6.42 Å². The molecule has 2 spiro atoms. The van der Waals surface area contributed by atoms with Crippen LogP contribution in [0.25, 0.3) is 0 Å². The standard InChI is InChI=1S/C20H35N3/c1-17-5-2-3-11-22(17)16-21-14-19(15-21)9-6-18(19)13-23-12-10-20(23)7-4-8-20/h17-18H,2-16H2,1H3. The van der Waals surface area contributed by atoms with Crippen molar-refractivity contribution in [2.24, 2.45) is 11.3 Å². The highest BCUT2D eigenvalue weighted by Crippen LogP contribution is 2.56. The Morgan fingerprint density at radius 1 is 0.913 bits per heavy atom. The van der Waals surface area contributed by atoms with Gasteiger partial charge in [-0.3, -0.25) is 14.7 Å². The Kier molecular flexibility index (Phi) is 3.58. The molecule has 130 valence electrons. The Labute approximate surface area is 142 Å². The van der Waals surface area contributed by atoms with Gasteiger partial charge in [0.2, 0.25) is 0 Å². The Hall–Kier alpha value is -0.120. The summed E-state index contributed by atoms with van der Waals surface area (Å²) < 4.78 is 0. The second-order valence-corrected chi connectivity index (χ2v) is 9.66. The second kappa shape index (κ2) is 5.44. The van der Waals surface area contributed by atoms with E-state index in [0.717, 1.165) is 17.4 Å². The molecule has 0 aromatic rings. The molecule has 3 saturated heterocycles. The summed E-state index contributed by atoms with van der Waals surface area (Å²) in [6.45, 7) is 10.7. The summed E-state index contributed by atoms with van der Waals surface area (Å²) in [5.41, 5.74) is 1.45. The first kappa shape index (κ1) is 15.2. The molecule has 5 aliphatic rings. The predicted molar refractivity (Wildman–Crippen MR) is 94.4 cm³/mol. The zero-order valence-corrected chi connectivity index (χ0v) is 15.1. The summed E-state index contributed by atoms with van der Waals surface area (Å²) in [7, 11) is 0. The Morgan fingerprint density at radius 3 is 2.35 bits per heavy atom. The molecule has 0 aromatic carbocycles. The van der Waals surface area contributed by atoms with Gasteiger partial charge < -0.3 is 0 Å². The lowest BCUT2D eigenvalue weighted by Gasteiger charge is -2.66. The van der Waals surface area contributed by atoms with E-state index < -0.39 is 0 Å². The number of hydrogen-bond donors (Lipinski definition) is 0. The van der Waals surface area contributed by atoms with Gasteiger partial charge in [0.05, 0.1) is 6.67 Å². The van der Waals surface area contributed by atoms with Crippen LogP contribution in [0.2, 0.25) is 0 Å². The molecule has 0 N–H and O–H groups in total. The van der Waals surface area contributed by atoms with Gasteiger partial charge in [0.1, 0.15) is 0 Å². The molecule has 3 nitrogen and oxygen atoms in total. The maximum absolute atomic E-state index is 2.89. The molecule has 23 heavy (non-hydrogen) atoms. The van der Waals surface area contributed by atoms with E-state index in [-0.39, 0.29) is 0 Å². The lowest BCUT2D eigenvalue weighted by molar-refractivity contribution is -0.166. The van der Waals surface area contributed by atoms with Crippen LogP contribution in [0.5, 0.6) is 0 Å². The van der Waals surface area contributed by atoms with E-state index in [0.29, 0.717) is 5.54 Å². The summed E-state index contributed by atoms with van der Waals surface area (Å²) in [6, 6.07) is 0.817. The van der Waals surface area contributed by atoms with Crippen molar-refractivity contribution in [3.63, 3.8) is 0 Å². The van der Waals surface area contributed by atoms with E-state index in [4.69, 9.17) is 0 Å². The third-order valence-electron chi connectivity index (χ3n) is 8.50. The average Bonchev–Trinajstić information content (AvgIpc) is 2.40. The van der Waals surface area contributed by atoms with Gasteiger partial charge in [-0.15, -0.1) is 0 Å². The number of piperidine rings is 1. The normalized spacial score (nSPS) is 39.5. The van der Waals surface area contributed by atoms with E-state index in [1.54, 1.807) is 0 Å². The fraction of sp³-hybridized carbons (Fsp3) is 1.00. The fourth-order valence-electron chi connectivity index (χ4n) is 6.32. The van der Waals surface area contributed by atoms with E-state index in [2.05, 4.69) is 21.6 Å². The summed E-state index contributed by atoms with van der Waals surface area (Å²) in [5, 5.41) is 0. The van der Waals surface area contributed by atoms with E-state index in [1.165, 1.54) is 97.2 Å². The first-order chi connectivity index (χ1) is 11.2. The molecule has 3 heteroatoms. The smallest absolute Gasteiger partial charge is 0.0509 e. The largest absolute Gasteiger partial charge is 0.297 e. The monoisotopic (exact) mass is 317 g/mol. The van der Waals surface area contributed by atoms with Crippen LogP contribution in [0.1, 0.15) is 64.7 Å². The summed E-state index contributed by atoms with van der Waals surface area (Å²) in [4.78, 5) is 8.38. The van der Waals surface area contributed by atoms with Gasteiger partial charge in [-0.05, 0) is 76.2 Å². The molecule has 0 radical (unpaired) electrons.